The number of nitrogens with one attached hydrogen (secondary N) is 4. The normalized spacial score (nSPS) is 22.7. The minimum atomic E-state index is -3.56. The second-order valence-corrected chi connectivity index (χ2v) is 17.9. The van der Waals surface area contributed by atoms with Gasteiger partial charge in [0.15, 0.2) is 9.84 Å². The molecule has 12 nitrogen and oxygen atoms in total. The Morgan fingerprint density at radius 3 is 2.30 bits per heavy atom. The fourth-order valence-corrected chi connectivity index (χ4v) is 8.89. The van der Waals surface area contributed by atoms with Gasteiger partial charge >= 0.3 is 6.03 Å². The Morgan fingerprint density at radius 2 is 1.68 bits per heavy atom. The average molecular weight is 714 g/mol. The minimum absolute atomic E-state index is 0.0704. The summed E-state index contributed by atoms with van der Waals surface area (Å²) >= 11 is 0. The number of Topliss-reactive ketones (excluding diaryl/α,β-unsaturated/α-hetero) is 1. The molecule has 0 spiro atoms. The molecule has 0 bridgehead atoms. The molecule has 1 aromatic rings. The largest absolute Gasteiger partial charge is 0.348 e. The first-order chi connectivity index (χ1) is 23.4. The number of piperidine rings is 1. The fourth-order valence-electron chi connectivity index (χ4n) is 7.63. The minimum Gasteiger partial charge on any atom is -0.348 e. The summed E-state index contributed by atoms with van der Waals surface area (Å²) in [6.45, 7) is 13.5. The second-order valence-electron chi connectivity index (χ2n) is 15.7. The van der Waals surface area contributed by atoms with E-state index >= 15 is 0 Å². The van der Waals surface area contributed by atoms with Crippen LogP contribution in [0.25, 0.3) is 0 Å². The Balaban J connectivity index is 1.46. The summed E-state index contributed by atoms with van der Waals surface area (Å²) in [6.07, 6.45) is 6.56. The summed E-state index contributed by atoms with van der Waals surface area (Å²) in [5.74, 6) is -3.44. The Morgan fingerprint density at radius 1 is 1.02 bits per heavy atom. The highest BCUT2D eigenvalue weighted by molar-refractivity contribution is 7.90. The van der Waals surface area contributed by atoms with Crippen LogP contribution < -0.4 is 21.3 Å². The first-order valence-corrected chi connectivity index (χ1v) is 19.6. The van der Waals surface area contributed by atoms with E-state index in [4.69, 9.17) is 0 Å². The molecule has 13 heteroatoms. The van der Waals surface area contributed by atoms with Crippen molar-refractivity contribution in [2.45, 2.75) is 109 Å². The molecule has 1 saturated heterocycles. The highest BCUT2D eigenvalue weighted by Crippen LogP contribution is 2.65. The van der Waals surface area contributed by atoms with Crippen LogP contribution in [-0.2, 0) is 34.8 Å². The Bertz CT molecular complexity index is 1530. The number of nitrogens with zero attached hydrogens (tertiary/aromatic N) is 1. The molecule has 3 aliphatic rings. The van der Waals surface area contributed by atoms with Gasteiger partial charge in [0.25, 0.3) is 5.91 Å². The molecule has 1 unspecified atom stereocenters. The van der Waals surface area contributed by atoms with E-state index in [1.165, 1.54) is 0 Å². The van der Waals surface area contributed by atoms with Crippen molar-refractivity contribution in [2.24, 2.45) is 23.2 Å². The molecule has 1 heterocycles. The Labute approximate surface area is 296 Å². The van der Waals surface area contributed by atoms with Gasteiger partial charge in [-0.15, -0.1) is 6.58 Å². The van der Waals surface area contributed by atoms with Crippen LogP contribution in [0.5, 0.6) is 0 Å². The van der Waals surface area contributed by atoms with Crippen molar-refractivity contribution in [3.8, 4) is 0 Å². The number of ketones is 1. The number of likely N-dealkylation sites (tertiary alicyclic amines) is 1. The Hall–Kier alpha value is -3.74. The lowest BCUT2D eigenvalue weighted by Gasteiger charge is -2.37. The van der Waals surface area contributed by atoms with E-state index in [1.807, 2.05) is 20.8 Å². The van der Waals surface area contributed by atoms with Crippen LogP contribution in [0.15, 0.2) is 43.0 Å². The molecule has 0 aromatic heterocycles. The van der Waals surface area contributed by atoms with E-state index in [0.29, 0.717) is 18.5 Å². The van der Waals surface area contributed by atoms with Gasteiger partial charge in [0, 0.05) is 18.6 Å². The molecule has 5 amide bonds. The lowest BCUT2D eigenvalue weighted by atomic mass is 9.83. The highest BCUT2D eigenvalue weighted by Gasteiger charge is 2.69. The number of carbonyl (C=O) groups excluding carboxylic acids is 5. The van der Waals surface area contributed by atoms with Gasteiger partial charge in [0.1, 0.15) is 12.1 Å². The number of hydrogen-bond donors (Lipinski definition) is 4. The number of fused-ring (bicyclic) bond motifs is 1. The lowest BCUT2D eigenvalue weighted by Crippen LogP contribution is -2.61. The first kappa shape index (κ1) is 39.1. The monoisotopic (exact) mass is 713 g/mol. The number of urea groups is 1. The van der Waals surface area contributed by atoms with Crippen molar-refractivity contribution in [3.63, 3.8) is 0 Å². The molecule has 0 radical (unpaired) electrons. The Kier molecular flexibility index (Phi) is 12.6. The highest BCUT2D eigenvalue weighted by atomic mass is 32.2. The summed E-state index contributed by atoms with van der Waals surface area (Å²) in [6, 6.07) is 5.34. The third-order valence-corrected chi connectivity index (χ3v) is 12.0. The summed E-state index contributed by atoms with van der Waals surface area (Å²) in [7, 11) is -3.56. The van der Waals surface area contributed by atoms with E-state index < -0.39 is 57.1 Å². The molecule has 4 N–H and O–H groups in total. The van der Waals surface area contributed by atoms with E-state index in [2.05, 4.69) is 41.7 Å². The summed E-state index contributed by atoms with van der Waals surface area (Å²) in [4.78, 5) is 69.4. The summed E-state index contributed by atoms with van der Waals surface area (Å²) in [5, 5.41) is 11.0. The predicted octanol–water partition coefficient (Wildman–Crippen LogP) is 3.27. The molecule has 2 saturated carbocycles. The van der Waals surface area contributed by atoms with Gasteiger partial charge in [-0.25, -0.2) is 13.2 Å². The molecular weight excluding hydrogens is 659 g/mol. The van der Waals surface area contributed by atoms with Gasteiger partial charge in [-0.05, 0) is 75.2 Å². The van der Waals surface area contributed by atoms with Crippen LogP contribution in [-0.4, -0.2) is 85.4 Å². The van der Waals surface area contributed by atoms with Gasteiger partial charge in [-0.2, -0.15) is 0 Å². The number of rotatable bonds is 15. The van der Waals surface area contributed by atoms with Crippen LogP contribution in [0, 0.1) is 23.2 Å². The molecule has 2 aliphatic carbocycles. The zero-order chi connectivity index (χ0) is 36.9. The maximum atomic E-state index is 14.4. The molecule has 1 aromatic carbocycles. The van der Waals surface area contributed by atoms with Gasteiger partial charge < -0.3 is 26.2 Å². The fraction of sp³-hybridized carbons (Fsp3) is 0.649. The van der Waals surface area contributed by atoms with Crippen LogP contribution in [0.4, 0.5) is 4.79 Å². The van der Waals surface area contributed by atoms with Crippen molar-refractivity contribution in [1.82, 2.24) is 26.2 Å². The molecule has 5 atom stereocenters. The molecule has 50 heavy (non-hydrogen) atoms. The number of amides is 5. The first-order valence-electron chi connectivity index (χ1n) is 17.8. The summed E-state index contributed by atoms with van der Waals surface area (Å²) < 4.78 is 25.2. The van der Waals surface area contributed by atoms with Gasteiger partial charge in [-0.3, -0.25) is 19.2 Å². The van der Waals surface area contributed by atoms with Gasteiger partial charge in [0.05, 0.1) is 17.5 Å². The van der Waals surface area contributed by atoms with Crippen LogP contribution in [0.1, 0.15) is 85.1 Å². The van der Waals surface area contributed by atoms with Crippen molar-refractivity contribution in [3.05, 3.63) is 48.6 Å². The third-order valence-electron chi connectivity index (χ3n) is 10.4. The maximum absolute atomic E-state index is 14.4. The van der Waals surface area contributed by atoms with Crippen molar-refractivity contribution < 1.29 is 32.4 Å². The van der Waals surface area contributed by atoms with Crippen molar-refractivity contribution >= 4 is 39.4 Å². The molecule has 276 valence electrons. The molecule has 4 rings (SSSR count). The van der Waals surface area contributed by atoms with Crippen LogP contribution in [0.3, 0.4) is 0 Å². The van der Waals surface area contributed by atoms with Crippen LogP contribution >= 0.6 is 0 Å². The van der Waals surface area contributed by atoms with Crippen molar-refractivity contribution in [2.75, 3.05) is 18.8 Å². The number of carbonyl (C=O) groups is 5. The second kappa shape index (κ2) is 16.1. The van der Waals surface area contributed by atoms with Crippen molar-refractivity contribution in [1.29, 1.82) is 0 Å². The van der Waals surface area contributed by atoms with E-state index in [1.54, 1.807) is 41.3 Å². The van der Waals surface area contributed by atoms with Gasteiger partial charge in [-0.1, -0.05) is 69.5 Å². The number of hydrogen-bond acceptors (Lipinski definition) is 7. The quantitative estimate of drug-likeness (QED) is 0.160. The number of allylic oxidation sites excluding steroid dienone is 1. The standard InChI is InChI=1S/C37H55N5O7S/c1-7-8-19-27(31(43)33(45)38-20-21-50(48,49)23-24-15-11-9-12-16-24)39-32(44)30-28-26(37(28,5)6)22-42(30)34(46)29(25-17-13-10-14-18-25)40-35(47)41-36(2,3)4/h7,9,11-12,15-16,25-30H,1,8,10,13-14,17-23H2,2-6H3,(H,38,45)(H,39,44)(H2,40,41,47)/t26-,27?,28-,29-,30-/m0/s1. The van der Waals surface area contributed by atoms with Crippen LogP contribution in [0.2, 0.25) is 0 Å². The molecular formula is C37H55N5O7S. The topological polar surface area (TPSA) is 171 Å². The maximum Gasteiger partial charge on any atom is 0.315 e. The van der Waals surface area contributed by atoms with E-state index in [0.717, 1.165) is 32.1 Å². The zero-order valence-electron chi connectivity index (χ0n) is 30.1. The number of benzene rings is 1. The van der Waals surface area contributed by atoms with E-state index in [9.17, 15) is 32.4 Å². The number of sulfone groups is 1. The van der Waals surface area contributed by atoms with Gasteiger partial charge in [0.2, 0.25) is 17.6 Å². The molecule has 1 aliphatic heterocycles. The zero-order valence-corrected chi connectivity index (χ0v) is 30.9. The summed E-state index contributed by atoms with van der Waals surface area (Å²) in [5.41, 5.74) is -0.0993. The SMILES string of the molecule is C=CCCC(NC(=O)[C@@H]1[C@@H]2[C@H](CN1C(=O)[C@@H](NC(=O)NC(C)(C)C)C1CCCCC1)C2(C)C)C(=O)C(=O)NCCS(=O)(=O)Cc1ccccc1. The van der Waals surface area contributed by atoms with E-state index in [-0.39, 0.29) is 53.5 Å². The third kappa shape index (κ3) is 9.95. The predicted molar refractivity (Wildman–Crippen MR) is 191 cm³/mol. The lowest BCUT2D eigenvalue weighted by molar-refractivity contribution is -0.144. The average Bonchev–Trinajstić information content (AvgIpc) is 3.35. The smallest absolute Gasteiger partial charge is 0.315 e. The molecule has 3 fully saturated rings.